The smallest absolute Gasteiger partial charge is 0.407 e. The van der Waals surface area contributed by atoms with Crippen LogP contribution >= 0.6 is 0 Å². The summed E-state index contributed by atoms with van der Waals surface area (Å²) in [6, 6.07) is 22.0. The van der Waals surface area contributed by atoms with E-state index in [1.807, 2.05) is 24.3 Å². The molecule has 0 heterocycles. The molecule has 1 aliphatic rings. The molecule has 3 aromatic rings. The van der Waals surface area contributed by atoms with E-state index in [0.717, 1.165) is 16.7 Å². The van der Waals surface area contributed by atoms with Gasteiger partial charge in [0.2, 0.25) is 0 Å². The van der Waals surface area contributed by atoms with Crippen LogP contribution in [-0.2, 0) is 16.1 Å². The summed E-state index contributed by atoms with van der Waals surface area (Å²) in [6.07, 6.45) is -0.517. The number of hydrogen-bond donors (Lipinski definition) is 2. The molecule has 4 rings (SSSR count). The summed E-state index contributed by atoms with van der Waals surface area (Å²) < 4.78 is 5.54. The molecule has 3 aromatic carbocycles. The van der Waals surface area contributed by atoms with Crippen molar-refractivity contribution < 1.29 is 24.2 Å². The Balaban J connectivity index is 1.32. The summed E-state index contributed by atoms with van der Waals surface area (Å²) in [4.78, 5) is 37.0. The number of likely N-dealkylation sites (N-methyl/N-ethyl adjacent to an activating group) is 1. The van der Waals surface area contributed by atoms with Gasteiger partial charge in [-0.15, -0.1) is 0 Å². The van der Waals surface area contributed by atoms with Crippen LogP contribution in [0.2, 0.25) is 0 Å². The minimum atomic E-state index is -1.07. The van der Waals surface area contributed by atoms with Crippen molar-refractivity contribution in [2.45, 2.75) is 25.4 Å². The topological polar surface area (TPSA) is 95.9 Å². The Morgan fingerprint density at radius 3 is 2.06 bits per heavy atom. The van der Waals surface area contributed by atoms with Gasteiger partial charge in [0, 0.05) is 25.1 Å². The van der Waals surface area contributed by atoms with Crippen LogP contribution in [0.3, 0.4) is 0 Å². The predicted octanol–water partition coefficient (Wildman–Crippen LogP) is 4.27. The van der Waals surface area contributed by atoms with Gasteiger partial charge < -0.3 is 20.1 Å². The van der Waals surface area contributed by atoms with E-state index in [2.05, 4.69) is 29.6 Å². The standard InChI is InChI=1S/C27H26N2O5/c1-17(26(31)32)29(2)25(30)19-13-11-18(12-14-19)15-28-27(33)34-16-24-22-9-5-3-7-20(22)21-8-4-6-10-23(21)24/h3-14,17,24H,15-16H2,1-2H3,(H,28,33)(H,31,32). The first-order chi connectivity index (χ1) is 16.4. The number of carbonyl (C=O) groups is 3. The maximum atomic E-state index is 12.4. The number of amides is 2. The van der Waals surface area contributed by atoms with Crippen LogP contribution < -0.4 is 5.32 Å². The molecule has 0 saturated carbocycles. The van der Waals surface area contributed by atoms with Gasteiger partial charge in [-0.1, -0.05) is 60.7 Å². The lowest BCUT2D eigenvalue weighted by atomic mass is 9.98. The molecule has 34 heavy (non-hydrogen) atoms. The monoisotopic (exact) mass is 458 g/mol. The highest BCUT2D eigenvalue weighted by atomic mass is 16.5. The molecule has 1 unspecified atom stereocenters. The highest BCUT2D eigenvalue weighted by molar-refractivity contribution is 5.96. The van der Waals surface area contributed by atoms with Crippen molar-refractivity contribution in [2.75, 3.05) is 13.7 Å². The van der Waals surface area contributed by atoms with Crippen molar-refractivity contribution in [3.63, 3.8) is 0 Å². The zero-order valence-corrected chi connectivity index (χ0v) is 19.0. The molecule has 0 spiro atoms. The van der Waals surface area contributed by atoms with Gasteiger partial charge in [0.05, 0.1) is 0 Å². The Hall–Kier alpha value is -4.13. The molecular formula is C27H26N2O5. The first-order valence-corrected chi connectivity index (χ1v) is 11.0. The molecule has 7 nitrogen and oxygen atoms in total. The van der Waals surface area contributed by atoms with Gasteiger partial charge in [0.25, 0.3) is 5.91 Å². The summed E-state index contributed by atoms with van der Waals surface area (Å²) >= 11 is 0. The van der Waals surface area contributed by atoms with Gasteiger partial charge in [-0.25, -0.2) is 9.59 Å². The average Bonchev–Trinajstić information content (AvgIpc) is 3.18. The van der Waals surface area contributed by atoms with Crippen LogP contribution in [0.1, 0.15) is 39.9 Å². The zero-order valence-electron chi connectivity index (χ0n) is 19.0. The van der Waals surface area contributed by atoms with Crippen LogP contribution in [0.5, 0.6) is 0 Å². The molecule has 0 aromatic heterocycles. The van der Waals surface area contributed by atoms with Gasteiger partial charge in [-0.2, -0.15) is 0 Å². The number of fused-ring (bicyclic) bond motifs is 3. The maximum Gasteiger partial charge on any atom is 0.407 e. The van der Waals surface area contributed by atoms with E-state index in [4.69, 9.17) is 9.84 Å². The fraction of sp³-hybridized carbons (Fsp3) is 0.222. The summed E-state index contributed by atoms with van der Waals surface area (Å²) in [5.41, 5.74) is 5.81. The Bertz CT molecular complexity index is 1180. The van der Waals surface area contributed by atoms with Crippen molar-refractivity contribution >= 4 is 18.0 Å². The summed E-state index contributed by atoms with van der Waals surface area (Å²) in [6.45, 7) is 1.93. The average molecular weight is 459 g/mol. The predicted molar refractivity (Wildman–Crippen MR) is 128 cm³/mol. The van der Waals surface area contributed by atoms with Crippen LogP contribution in [0.4, 0.5) is 4.79 Å². The normalized spacial score (nSPS) is 12.9. The first-order valence-electron chi connectivity index (χ1n) is 11.0. The Kier molecular flexibility index (Phi) is 6.63. The maximum absolute atomic E-state index is 12.4. The molecule has 0 fully saturated rings. The second-order valence-corrected chi connectivity index (χ2v) is 8.31. The van der Waals surface area contributed by atoms with Crippen molar-refractivity contribution in [1.29, 1.82) is 0 Å². The number of nitrogens with zero attached hydrogens (tertiary/aromatic N) is 1. The van der Waals surface area contributed by atoms with E-state index >= 15 is 0 Å². The molecule has 2 amide bonds. The fourth-order valence-corrected chi connectivity index (χ4v) is 4.13. The van der Waals surface area contributed by atoms with Crippen LogP contribution in [0.25, 0.3) is 11.1 Å². The molecule has 0 radical (unpaired) electrons. The SMILES string of the molecule is CC(C(=O)O)N(C)C(=O)c1ccc(CNC(=O)OCC2c3ccccc3-c3ccccc32)cc1. The first kappa shape index (κ1) is 23.0. The van der Waals surface area contributed by atoms with E-state index in [9.17, 15) is 14.4 Å². The lowest BCUT2D eigenvalue weighted by Gasteiger charge is -2.21. The number of alkyl carbamates (subject to hydrolysis) is 1. The lowest BCUT2D eigenvalue weighted by molar-refractivity contribution is -0.141. The third-order valence-corrected chi connectivity index (χ3v) is 6.24. The fourth-order valence-electron chi connectivity index (χ4n) is 4.13. The van der Waals surface area contributed by atoms with Crippen LogP contribution in [0, 0.1) is 0 Å². The Morgan fingerprint density at radius 1 is 0.941 bits per heavy atom. The summed E-state index contributed by atoms with van der Waals surface area (Å²) in [5, 5.41) is 11.8. The number of rotatable bonds is 7. The summed E-state index contributed by atoms with van der Waals surface area (Å²) in [5.74, 6) is -1.46. The minimum absolute atomic E-state index is 0.00590. The van der Waals surface area contributed by atoms with Gasteiger partial charge in [0.15, 0.2) is 0 Å². The highest BCUT2D eigenvalue weighted by Crippen LogP contribution is 2.44. The van der Waals surface area contributed by atoms with E-state index < -0.39 is 18.1 Å². The Morgan fingerprint density at radius 2 is 1.50 bits per heavy atom. The van der Waals surface area contributed by atoms with E-state index in [1.165, 1.54) is 30.0 Å². The zero-order chi connectivity index (χ0) is 24.2. The second-order valence-electron chi connectivity index (χ2n) is 8.31. The molecule has 2 N–H and O–H groups in total. The quantitative estimate of drug-likeness (QED) is 0.551. The van der Waals surface area contributed by atoms with E-state index in [1.54, 1.807) is 24.3 Å². The molecule has 0 saturated heterocycles. The third kappa shape index (κ3) is 4.64. The second kappa shape index (κ2) is 9.79. The molecule has 174 valence electrons. The van der Waals surface area contributed by atoms with E-state index in [-0.39, 0.29) is 25.0 Å². The number of carboxylic acid groups (broad SMARTS) is 1. The number of hydrogen-bond acceptors (Lipinski definition) is 4. The number of ether oxygens (including phenoxy) is 1. The van der Waals surface area contributed by atoms with Crippen molar-refractivity contribution in [3.8, 4) is 11.1 Å². The minimum Gasteiger partial charge on any atom is -0.480 e. The van der Waals surface area contributed by atoms with E-state index in [0.29, 0.717) is 5.56 Å². The van der Waals surface area contributed by atoms with Crippen LogP contribution in [-0.4, -0.2) is 47.7 Å². The largest absolute Gasteiger partial charge is 0.480 e. The van der Waals surface area contributed by atoms with Gasteiger partial charge in [-0.3, -0.25) is 4.79 Å². The van der Waals surface area contributed by atoms with Gasteiger partial charge >= 0.3 is 12.1 Å². The van der Waals surface area contributed by atoms with Crippen molar-refractivity contribution in [1.82, 2.24) is 10.2 Å². The molecule has 7 heteroatoms. The molecule has 1 aliphatic carbocycles. The number of carboxylic acids is 1. The lowest BCUT2D eigenvalue weighted by Crippen LogP contribution is -2.40. The number of nitrogens with one attached hydrogen (secondary N) is 1. The molecule has 0 aliphatic heterocycles. The Labute approximate surface area is 198 Å². The number of carbonyl (C=O) groups excluding carboxylic acids is 2. The number of aliphatic carboxylic acids is 1. The highest BCUT2D eigenvalue weighted by Gasteiger charge is 2.29. The number of benzene rings is 3. The van der Waals surface area contributed by atoms with Crippen LogP contribution in [0.15, 0.2) is 72.8 Å². The van der Waals surface area contributed by atoms with Crippen molar-refractivity contribution in [2.24, 2.45) is 0 Å². The van der Waals surface area contributed by atoms with Gasteiger partial charge in [-0.05, 0) is 46.9 Å². The van der Waals surface area contributed by atoms with Crippen molar-refractivity contribution in [3.05, 3.63) is 95.1 Å². The molecular weight excluding hydrogens is 432 g/mol. The summed E-state index contributed by atoms with van der Waals surface area (Å²) in [7, 11) is 1.45. The van der Waals surface area contributed by atoms with Gasteiger partial charge in [0.1, 0.15) is 12.6 Å². The third-order valence-electron chi connectivity index (χ3n) is 6.24. The molecule has 0 bridgehead atoms. The molecule has 1 atom stereocenters.